The number of hydrogen-bond acceptors (Lipinski definition) is 3. The lowest BCUT2D eigenvalue weighted by atomic mass is 10.2. The van der Waals surface area contributed by atoms with E-state index in [2.05, 4.69) is 10.1 Å². The number of carboxylic acid groups (broad SMARTS) is 1. The highest BCUT2D eigenvalue weighted by Crippen LogP contribution is 2.29. The second-order valence-corrected chi connectivity index (χ2v) is 3.57. The van der Waals surface area contributed by atoms with Crippen LogP contribution in [-0.4, -0.2) is 25.7 Å². The third-order valence-corrected chi connectivity index (χ3v) is 2.44. The standard InChI is InChI=1S/C10H8F3N3O2/c1-2-6-5(9(17)18)4-14-8-3-7(10(11,12)13)15-16(6)8/h3-4H,2H2,1H3,(H,17,18). The number of alkyl halides is 3. The van der Waals surface area contributed by atoms with Gasteiger partial charge in [-0.05, 0) is 6.42 Å². The smallest absolute Gasteiger partial charge is 0.435 e. The average molecular weight is 259 g/mol. The average Bonchev–Trinajstić information content (AvgIpc) is 2.70. The van der Waals surface area contributed by atoms with Gasteiger partial charge in [0.15, 0.2) is 11.3 Å². The number of carbonyl (C=O) groups is 1. The van der Waals surface area contributed by atoms with Gasteiger partial charge in [0.05, 0.1) is 11.3 Å². The molecular weight excluding hydrogens is 251 g/mol. The molecule has 0 aliphatic carbocycles. The van der Waals surface area contributed by atoms with Gasteiger partial charge < -0.3 is 5.11 Å². The molecule has 0 aliphatic heterocycles. The van der Waals surface area contributed by atoms with Gasteiger partial charge in [-0.3, -0.25) is 0 Å². The van der Waals surface area contributed by atoms with Gasteiger partial charge >= 0.3 is 12.1 Å². The lowest BCUT2D eigenvalue weighted by Crippen LogP contribution is -2.11. The van der Waals surface area contributed by atoms with E-state index in [-0.39, 0.29) is 23.3 Å². The monoisotopic (exact) mass is 259 g/mol. The maximum absolute atomic E-state index is 12.5. The molecule has 0 aliphatic rings. The highest BCUT2D eigenvalue weighted by Gasteiger charge is 2.34. The predicted molar refractivity (Wildman–Crippen MR) is 54.3 cm³/mol. The summed E-state index contributed by atoms with van der Waals surface area (Å²) in [7, 11) is 0. The lowest BCUT2D eigenvalue weighted by Gasteiger charge is -2.05. The zero-order valence-electron chi connectivity index (χ0n) is 9.19. The van der Waals surface area contributed by atoms with Crippen molar-refractivity contribution >= 4 is 11.6 Å². The topological polar surface area (TPSA) is 67.5 Å². The highest BCUT2D eigenvalue weighted by atomic mass is 19.4. The van der Waals surface area contributed by atoms with Crippen LogP contribution in [0.25, 0.3) is 5.65 Å². The second-order valence-electron chi connectivity index (χ2n) is 3.57. The maximum atomic E-state index is 12.5. The third kappa shape index (κ3) is 1.89. The van der Waals surface area contributed by atoms with E-state index in [0.717, 1.165) is 16.8 Å². The van der Waals surface area contributed by atoms with Crippen molar-refractivity contribution in [3.8, 4) is 0 Å². The molecule has 0 aromatic carbocycles. The van der Waals surface area contributed by atoms with Gasteiger partial charge in [-0.15, -0.1) is 0 Å². The maximum Gasteiger partial charge on any atom is 0.435 e. The molecule has 5 nitrogen and oxygen atoms in total. The van der Waals surface area contributed by atoms with Gasteiger partial charge in [0.1, 0.15) is 0 Å². The van der Waals surface area contributed by atoms with Crippen molar-refractivity contribution < 1.29 is 23.1 Å². The minimum Gasteiger partial charge on any atom is -0.478 e. The molecule has 0 atom stereocenters. The van der Waals surface area contributed by atoms with Crippen molar-refractivity contribution in [2.45, 2.75) is 19.5 Å². The fraction of sp³-hybridized carbons (Fsp3) is 0.300. The van der Waals surface area contributed by atoms with E-state index in [0.29, 0.717) is 0 Å². The van der Waals surface area contributed by atoms with Crippen LogP contribution in [0.15, 0.2) is 12.3 Å². The molecule has 2 aromatic rings. The summed E-state index contributed by atoms with van der Waals surface area (Å²) in [6.45, 7) is 1.64. The molecule has 0 radical (unpaired) electrons. The molecule has 96 valence electrons. The summed E-state index contributed by atoms with van der Waals surface area (Å²) in [5.74, 6) is -1.25. The molecule has 8 heteroatoms. The lowest BCUT2D eigenvalue weighted by molar-refractivity contribution is -0.141. The summed E-state index contributed by atoms with van der Waals surface area (Å²) in [5.41, 5.74) is -1.08. The molecule has 0 unspecified atom stereocenters. The van der Waals surface area contributed by atoms with Crippen molar-refractivity contribution in [2.75, 3.05) is 0 Å². The highest BCUT2D eigenvalue weighted by molar-refractivity contribution is 5.88. The van der Waals surface area contributed by atoms with Crippen LogP contribution < -0.4 is 0 Å². The van der Waals surface area contributed by atoms with Crippen LogP contribution in [0.1, 0.15) is 28.7 Å². The molecule has 0 spiro atoms. The van der Waals surface area contributed by atoms with Crippen molar-refractivity contribution in [1.29, 1.82) is 0 Å². The van der Waals surface area contributed by atoms with Gasteiger partial charge in [0.2, 0.25) is 0 Å². The molecule has 2 aromatic heterocycles. The van der Waals surface area contributed by atoms with Crippen LogP contribution in [0.5, 0.6) is 0 Å². The number of aromatic carboxylic acids is 1. The van der Waals surface area contributed by atoms with E-state index in [9.17, 15) is 18.0 Å². The molecule has 0 saturated carbocycles. The van der Waals surface area contributed by atoms with Crippen LogP contribution >= 0.6 is 0 Å². The van der Waals surface area contributed by atoms with Gasteiger partial charge in [0.25, 0.3) is 0 Å². The first kappa shape index (κ1) is 12.3. The summed E-state index contributed by atoms with van der Waals surface area (Å²) in [6.07, 6.45) is -3.31. The Bertz CT molecular complexity index is 619. The molecule has 0 fully saturated rings. The fourth-order valence-electron chi connectivity index (χ4n) is 1.64. The van der Waals surface area contributed by atoms with Crippen molar-refractivity contribution in [1.82, 2.24) is 14.6 Å². The van der Waals surface area contributed by atoms with Crippen LogP contribution in [0, 0.1) is 0 Å². The van der Waals surface area contributed by atoms with E-state index < -0.39 is 17.8 Å². The normalized spacial score (nSPS) is 12.0. The van der Waals surface area contributed by atoms with Gasteiger partial charge in [-0.2, -0.15) is 18.3 Å². The van der Waals surface area contributed by atoms with E-state index in [1.807, 2.05) is 0 Å². The van der Waals surface area contributed by atoms with E-state index in [1.165, 1.54) is 0 Å². The Morgan fingerprint density at radius 2 is 2.17 bits per heavy atom. The number of nitrogens with zero attached hydrogens (tertiary/aromatic N) is 3. The summed E-state index contributed by atoms with van der Waals surface area (Å²) in [4.78, 5) is 14.6. The minimum atomic E-state index is -4.58. The first-order chi connectivity index (χ1) is 8.34. The number of halogens is 3. The van der Waals surface area contributed by atoms with Crippen molar-refractivity contribution in [2.24, 2.45) is 0 Å². The van der Waals surface area contributed by atoms with Gasteiger partial charge in [-0.1, -0.05) is 6.92 Å². The largest absolute Gasteiger partial charge is 0.478 e. The number of fused-ring (bicyclic) bond motifs is 1. The summed E-state index contributed by atoms with van der Waals surface area (Å²) < 4.78 is 38.4. The van der Waals surface area contributed by atoms with E-state index >= 15 is 0 Å². The number of carboxylic acids is 1. The van der Waals surface area contributed by atoms with Crippen LogP contribution in [0.3, 0.4) is 0 Å². The summed E-state index contributed by atoms with van der Waals surface area (Å²) >= 11 is 0. The Hall–Kier alpha value is -2.12. The van der Waals surface area contributed by atoms with Gasteiger partial charge in [0, 0.05) is 12.3 Å². The molecule has 2 rings (SSSR count). The number of rotatable bonds is 2. The fourth-order valence-corrected chi connectivity index (χ4v) is 1.64. The molecule has 1 N–H and O–H groups in total. The van der Waals surface area contributed by atoms with Crippen LogP contribution in [-0.2, 0) is 12.6 Å². The van der Waals surface area contributed by atoms with Gasteiger partial charge in [-0.25, -0.2) is 14.3 Å². The van der Waals surface area contributed by atoms with Crippen LogP contribution in [0.2, 0.25) is 0 Å². The Kier molecular flexibility index (Phi) is 2.72. The SMILES string of the molecule is CCc1c(C(=O)O)cnc2cc(C(F)(F)F)nn12. The molecule has 0 saturated heterocycles. The number of aromatic nitrogens is 3. The summed E-state index contributed by atoms with van der Waals surface area (Å²) in [5, 5.41) is 12.3. The molecule has 0 bridgehead atoms. The Morgan fingerprint density at radius 3 is 2.67 bits per heavy atom. The van der Waals surface area contributed by atoms with Crippen LogP contribution in [0.4, 0.5) is 13.2 Å². The molecular formula is C10H8F3N3O2. The van der Waals surface area contributed by atoms with Crippen molar-refractivity contribution in [3.63, 3.8) is 0 Å². The number of hydrogen-bond donors (Lipinski definition) is 1. The molecule has 0 amide bonds. The first-order valence-corrected chi connectivity index (χ1v) is 5.02. The second kappa shape index (κ2) is 3.97. The summed E-state index contributed by atoms with van der Waals surface area (Å²) in [6, 6.07) is 0.783. The zero-order valence-corrected chi connectivity index (χ0v) is 9.19. The Labute approximate surface area is 98.9 Å². The zero-order chi connectivity index (χ0) is 13.5. The van der Waals surface area contributed by atoms with E-state index in [1.54, 1.807) is 6.92 Å². The molecule has 18 heavy (non-hydrogen) atoms. The van der Waals surface area contributed by atoms with Crippen molar-refractivity contribution in [3.05, 3.63) is 29.2 Å². The molecule has 2 heterocycles. The first-order valence-electron chi connectivity index (χ1n) is 5.02. The predicted octanol–water partition coefficient (Wildman–Crippen LogP) is 2.01. The van der Waals surface area contributed by atoms with E-state index in [4.69, 9.17) is 5.11 Å². The number of aryl methyl sites for hydroxylation is 1. The quantitative estimate of drug-likeness (QED) is 0.895. The third-order valence-electron chi connectivity index (χ3n) is 2.44. The Balaban J connectivity index is 2.73. The Morgan fingerprint density at radius 1 is 1.50 bits per heavy atom. The minimum absolute atomic E-state index is 0.0239.